The largest absolute Gasteiger partial charge is 1.00 e. The summed E-state index contributed by atoms with van der Waals surface area (Å²) in [5.74, 6) is 1.69. The van der Waals surface area contributed by atoms with Crippen molar-refractivity contribution in [1.29, 1.82) is 0 Å². The molecule has 0 spiro atoms. The van der Waals surface area contributed by atoms with Crippen LogP contribution in [0.5, 0.6) is 0 Å². The van der Waals surface area contributed by atoms with E-state index in [9.17, 15) is 0 Å². The molecule has 0 N–H and O–H groups in total. The summed E-state index contributed by atoms with van der Waals surface area (Å²) in [6.07, 6.45) is 4.26. The van der Waals surface area contributed by atoms with E-state index in [1.165, 1.54) is 19.3 Å². The predicted octanol–water partition coefficient (Wildman–Crippen LogP) is -1.23. The third-order valence-electron chi connectivity index (χ3n) is 1.21. The fraction of sp³-hybridized carbons (Fsp3) is 0.800. The maximum absolute atomic E-state index is 2.23. The Morgan fingerprint density at radius 3 is 1.67 bits per heavy atom. The summed E-state index contributed by atoms with van der Waals surface area (Å²) in [4.78, 5) is 0. The van der Waals surface area contributed by atoms with Crippen LogP contribution in [-0.2, 0) is 0 Å². The molecule has 1 aliphatic rings. The van der Waals surface area contributed by atoms with E-state index in [-0.39, 0.29) is 18.9 Å². The molecule has 0 nitrogen and oxygen atoms in total. The molecule has 0 heterocycles. The molecule has 0 aliphatic heterocycles. The van der Waals surface area contributed by atoms with Crippen molar-refractivity contribution in [2.24, 2.45) is 0 Å². The van der Waals surface area contributed by atoms with Gasteiger partial charge >= 0.3 is 18.9 Å². The topological polar surface area (TPSA) is 0 Å². The van der Waals surface area contributed by atoms with Gasteiger partial charge in [0.1, 0.15) is 0 Å². The first-order valence-electron chi connectivity index (χ1n) is 2.21. The Morgan fingerprint density at radius 1 is 1.33 bits per heavy atom. The Hall–Kier alpha value is 0.597. The Morgan fingerprint density at radius 2 is 1.67 bits per heavy atom. The monoisotopic (exact) mass is 76.1 g/mol. The maximum Gasteiger partial charge on any atom is 1.00 e. The van der Waals surface area contributed by atoms with E-state index in [0.29, 0.717) is 0 Å². The van der Waals surface area contributed by atoms with Crippen molar-refractivity contribution in [2.75, 3.05) is 0 Å². The van der Waals surface area contributed by atoms with Crippen LogP contribution in [0.1, 0.15) is 26.2 Å². The molecule has 0 saturated heterocycles. The van der Waals surface area contributed by atoms with E-state index in [1.807, 2.05) is 0 Å². The van der Waals surface area contributed by atoms with Gasteiger partial charge in [-0.3, -0.25) is 0 Å². The first kappa shape index (κ1) is 6.60. The van der Waals surface area contributed by atoms with Crippen molar-refractivity contribution >= 4 is 0 Å². The van der Waals surface area contributed by atoms with Crippen LogP contribution < -0.4 is 18.9 Å². The van der Waals surface area contributed by atoms with Gasteiger partial charge in [0.05, 0.1) is 0 Å². The zero-order valence-electron chi connectivity index (χ0n) is 4.62. The molecule has 1 saturated carbocycles. The number of rotatable bonds is 0. The molecule has 1 fully saturated rings. The Balaban J connectivity index is 0.000000250. The molecule has 6 heavy (non-hydrogen) atoms. The van der Waals surface area contributed by atoms with Crippen LogP contribution in [0.25, 0.3) is 0 Å². The van der Waals surface area contributed by atoms with E-state index in [0.717, 1.165) is 0 Å². The molecule has 1 heteroatoms. The van der Waals surface area contributed by atoms with Gasteiger partial charge in [-0.2, -0.15) is 19.8 Å². The Bertz CT molecular complexity index is 30.9. The third-order valence-corrected chi connectivity index (χ3v) is 1.21. The van der Waals surface area contributed by atoms with Crippen molar-refractivity contribution in [2.45, 2.75) is 26.2 Å². The van der Waals surface area contributed by atoms with Crippen molar-refractivity contribution in [3.8, 4) is 0 Å². The van der Waals surface area contributed by atoms with Crippen LogP contribution in [-0.4, -0.2) is 0 Å². The van der Waals surface area contributed by atoms with Gasteiger partial charge in [0.15, 0.2) is 0 Å². The summed E-state index contributed by atoms with van der Waals surface area (Å²) in [6, 6.07) is 0. The smallest absolute Gasteiger partial charge is 0.317 e. The van der Waals surface area contributed by atoms with Gasteiger partial charge in [-0.15, -0.1) is 6.42 Å². The summed E-state index contributed by atoms with van der Waals surface area (Å²) in [5.41, 5.74) is 0. The second-order valence-electron chi connectivity index (χ2n) is 1.81. The van der Waals surface area contributed by atoms with E-state index in [1.54, 1.807) is 5.92 Å². The van der Waals surface area contributed by atoms with Crippen LogP contribution in [0, 0.1) is 5.92 Å². The van der Waals surface area contributed by atoms with Crippen LogP contribution >= 0.6 is 0 Å². The molecule has 1 rings (SSSR count). The van der Waals surface area contributed by atoms with Crippen molar-refractivity contribution < 1.29 is 18.9 Å². The SMILES string of the molecule is C[C-]1CCC1.[Li+]. The minimum atomic E-state index is 0. The molecule has 0 aromatic rings. The minimum Gasteiger partial charge on any atom is -0.317 e. The zero-order valence-corrected chi connectivity index (χ0v) is 4.62. The van der Waals surface area contributed by atoms with Gasteiger partial charge in [0, 0.05) is 0 Å². The third kappa shape index (κ3) is 1.37. The van der Waals surface area contributed by atoms with Gasteiger partial charge in [-0.05, 0) is 0 Å². The summed E-state index contributed by atoms with van der Waals surface area (Å²) in [7, 11) is 0. The van der Waals surface area contributed by atoms with Crippen LogP contribution in [0.3, 0.4) is 0 Å². The Kier molecular flexibility index (Phi) is 2.99. The van der Waals surface area contributed by atoms with E-state index < -0.39 is 0 Å². The van der Waals surface area contributed by atoms with Crippen LogP contribution in [0.2, 0.25) is 0 Å². The quantitative estimate of drug-likeness (QED) is 0.250. The van der Waals surface area contributed by atoms with E-state index >= 15 is 0 Å². The molecule has 0 unspecified atom stereocenters. The number of hydrogen-bond acceptors (Lipinski definition) is 0. The van der Waals surface area contributed by atoms with Crippen molar-refractivity contribution in [1.82, 2.24) is 0 Å². The average molecular weight is 76.1 g/mol. The van der Waals surface area contributed by atoms with E-state index in [2.05, 4.69) is 6.92 Å². The van der Waals surface area contributed by atoms with Crippen molar-refractivity contribution in [3.63, 3.8) is 0 Å². The maximum atomic E-state index is 2.23. The minimum absolute atomic E-state index is 0. The first-order valence-corrected chi connectivity index (χ1v) is 2.21. The molecule has 1 aliphatic carbocycles. The normalized spacial score (nSPS) is 21.5. The molecule has 0 aromatic carbocycles. The summed E-state index contributed by atoms with van der Waals surface area (Å²) in [5, 5.41) is 0. The standard InChI is InChI=1S/C5H9.Li/c1-5-3-2-4-5;/h2-4H2,1H3;/q-1;+1. The predicted molar refractivity (Wildman–Crippen MR) is 22.8 cm³/mol. The molecular weight excluding hydrogens is 67.0 g/mol. The van der Waals surface area contributed by atoms with Crippen LogP contribution in [0.4, 0.5) is 0 Å². The van der Waals surface area contributed by atoms with Gasteiger partial charge in [-0.1, -0.05) is 0 Å². The van der Waals surface area contributed by atoms with Gasteiger partial charge in [0.25, 0.3) is 0 Å². The number of hydrogen-bond donors (Lipinski definition) is 0. The van der Waals surface area contributed by atoms with Crippen LogP contribution in [0.15, 0.2) is 0 Å². The van der Waals surface area contributed by atoms with E-state index in [4.69, 9.17) is 0 Å². The summed E-state index contributed by atoms with van der Waals surface area (Å²) in [6.45, 7) is 2.23. The molecule has 0 bridgehead atoms. The Labute approximate surface area is 51.5 Å². The second kappa shape index (κ2) is 2.72. The summed E-state index contributed by atoms with van der Waals surface area (Å²) >= 11 is 0. The average Bonchev–Trinajstić information content (AvgIpc) is 1.30. The fourth-order valence-corrected chi connectivity index (χ4v) is 0.530. The molecular formula is C5H9Li. The van der Waals surface area contributed by atoms with Gasteiger partial charge < -0.3 is 5.92 Å². The molecule has 0 atom stereocenters. The molecule has 0 aromatic heterocycles. The van der Waals surface area contributed by atoms with Crippen molar-refractivity contribution in [3.05, 3.63) is 5.92 Å². The zero-order chi connectivity index (χ0) is 3.70. The molecule has 0 radical (unpaired) electrons. The second-order valence-corrected chi connectivity index (χ2v) is 1.81. The first-order chi connectivity index (χ1) is 2.39. The molecule has 0 amide bonds. The molecule has 30 valence electrons. The fourth-order valence-electron chi connectivity index (χ4n) is 0.530. The summed E-state index contributed by atoms with van der Waals surface area (Å²) < 4.78 is 0. The van der Waals surface area contributed by atoms with Gasteiger partial charge in [0.2, 0.25) is 0 Å². The van der Waals surface area contributed by atoms with Gasteiger partial charge in [-0.25, -0.2) is 0 Å².